The molecule has 0 saturated carbocycles. The Hall–Kier alpha value is -1.14. The fourth-order valence-corrected chi connectivity index (χ4v) is 2.39. The molecule has 3 saturated heterocycles. The third-order valence-electron chi connectivity index (χ3n) is 3.55. The molecule has 6 nitrogen and oxygen atoms in total. The maximum Gasteiger partial charge on any atom is 0.311 e. The SMILES string of the molecule is NC1=NC(N2CC2)[N+]2(CC2)C(N2CC2)=N1. The van der Waals surface area contributed by atoms with Crippen molar-refractivity contribution in [3.8, 4) is 0 Å². The van der Waals surface area contributed by atoms with E-state index in [2.05, 4.69) is 19.8 Å². The minimum Gasteiger partial charge on any atom is -0.368 e. The first kappa shape index (κ1) is 8.06. The molecule has 15 heavy (non-hydrogen) atoms. The topological polar surface area (TPSA) is 56.8 Å². The predicted octanol–water partition coefficient (Wildman–Crippen LogP) is -1.58. The molecular formula is C9H15N6+. The Kier molecular flexibility index (Phi) is 1.25. The van der Waals surface area contributed by atoms with Gasteiger partial charge in [-0.25, -0.2) is 9.38 Å². The maximum atomic E-state index is 5.79. The van der Waals surface area contributed by atoms with Gasteiger partial charge in [-0.3, -0.25) is 0 Å². The molecule has 0 aromatic rings. The van der Waals surface area contributed by atoms with Crippen LogP contribution in [0.15, 0.2) is 9.98 Å². The largest absolute Gasteiger partial charge is 0.368 e. The van der Waals surface area contributed by atoms with Crippen molar-refractivity contribution in [3.63, 3.8) is 0 Å². The van der Waals surface area contributed by atoms with Crippen molar-refractivity contribution >= 4 is 11.9 Å². The number of nitrogens with two attached hydrogens (primary N) is 1. The van der Waals surface area contributed by atoms with Gasteiger partial charge in [0.2, 0.25) is 5.96 Å². The van der Waals surface area contributed by atoms with Crippen molar-refractivity contribution in [2.75, 3.05) is 39.3 Å². The second kappa shape index (κ2) is 2.33. The summed E-state index contributed by atoms with van der Waals surface area (Å²) in [5, 5.41) is 0. The highest BCUT2D eigenvalue weighted by atomic mass is 15.7. The van der Waals surface area contributed by atoms with Crippen LogP contribution in [0.3, 0.4) is 0 Å². The van der Waals surface area contributed by atoms with E-state index in [1.807, 2.05) is 0 Å². The van der Waals surface area contributed by atoms with Crippen LogP contribution in [0.5, 0.6) is 0 Å². The van der Waals surface area contributed by atoms with Gasteiger partial charge in [-0.15, -0.1) is 4.99 Å². The zero-order valence-corrected chi connectivity index (χ0v) is 8.63. The van der Waals surface area contributed by atoms with Crippen LogP contribution in [-0.4, -0.2) is 71.8 Å². The molecule has 0 radical (unpaired) electrons. The van der Waals surface area contributed by atoms with Crippen molar-refractivity contribution < 1.29 is 4.48 Å². The summed E-state index contributed by atoms with van der Waals surface area (Å²) in [6, 6.07) is 0. The van der Waals surface area contributed by atoms with Crippen LogP contribution in [0, 0.1) is 0 Å². The third-order valence-corrected chi connectivity index (χ3v) is 3.55. The molecule has 0 aromatic carbocycles. The molecule has 4 heterocycles. The molecule has 4 rings (SSSR count). The highest BCUT2D eigenvalue weighted by Crippen LogP contribution is 2.37. The Morgan fingerprint density at radius 3 is 2.47 bits per heavy atom. The van der Waals surface area contributed by atoms with Gasteiger partial charge in [0.25, 0.3) is 6.29 Å². The molecule has 0 aliphatic carbocycles. The van der Waals surface area contributed by atoms with Crippen LogP contribution in [0.4, 0.5) is 0 Å². The summed E-state index contributed by atoms with van der Waals surface area (Å²) in [6.07, 6.45) is 0.234. The molecule has 4 aliphatic rings. The average Bonchev–Trinajstić information content (AvgIpc) is 3.13. The molecule has 4 aliphatic heterocycles. The lowest BCUT2D eigenvalue weighted by Crippen LogP contribution is -2.53. The Morgan fingerprint density at radius 2 is 1.93 bits per heavy atom. The van der Waals surface area contributed by atoms with E-state index in [-0.39, 0.29) is 6.29 Å². The van der Waals surface area contributed by atoms with Gasteiger partial charge in [0.1, 0.15) is 13.1 Å². The van der Waals surface area contributed by atoms with Gasteiger partial charge < -0.3 is 10.6 Å². The second-order valence-electron chi connectivity index (χ2n) is 4.75. The third kappa shape index (κ3) is 1.06. The Balaban J connectivity index is 1.74. The number of hydrogen-bond donors (Lipinski definition) is 1. The summed E-state index contributed by atoms with van der Waals surface area (Å²) in [6.45, 7) is 6.95. The molecule has 6 heteroatoms. The first-order chi connectivity index (χ1) is 7.29. The van der Waals surface area contributed by atoms with Crippen molar-refractivity contribution in [2.24, 2.45) is 15.7 Å². The standard InChI is InChI=1S/C9H15N6/c10-7-11-8(13-1-2-13)15(5-6-15)9(12-7)14-3-4-14/h8H,1-6H2,(H2,10,11)/q+1. The van der Waals surface area contributed by atoms with E-state index >= 15 is 0 Å². The molecule has 1 unspecified atom stereocenters. The van der Waals surface area contributed by atoms with Crippen molar-refractivity contribution in [1.29, 1.82) is 0 Å². The van der Waals surface area contributed by atoms with E-state index in [1.54, 1.807) is 0 Å². The first-order valence-electron chi connectivity index (χ1n) is 5.58. The van der Waals surface area contributed by atoms with Gasteiger partial charge in [0.05, 0.1) is 0 Å². The molecule has 1 atom stereocenters. The molecular weight excluding hydrogens is 192 g/mol. The number of quaternary nitrogens is 1. The Morgan fingerprint density at radius 1 is 1.20 bits per heavy atom. The van der Waals surface area contributed by atoms with Gasteiger partial charge in [-0.05, 0) is 0 Å². The van der Waals surface area contributed by atoms with Crippen LogP contribution in [0.25, 0.3) is 0 Å². The van der Waals surface area contributed by atoms with E-state index in [9.17, 15) is 0 Å². The van der Waals surface area contributed by atoms with Crippen molar-refractivity contribution in [2.45, 2.75) is 6.29 Å². The van der Waals surface area contributed by atoms with Crippen LogP contribution < -0.4 is 5.73 Å². The summed E-state index contributed by atoms with van der Waals surface area (Å²) < 4.78 is 0.945. The summed E-state index contributed by atoms with van der Waals surface area (Å²) >= 11 is 0. The number of rotatable bonds is 1. The molecule has 80 valence electrons. The molecule has 0 bridgehead atoms. The quantitative estimate of drug-likeness (QED) is 0.417. The lowest BCUT2D eigenvalue weighted by molar-refractivity contribution is -0.751. The highest BCUT2D eigenvalue weighted by Gasteiger charge is 2.62. The van der Waals surface area contributed by atoms with E-state index in [0.29, 0.717) is 5.96 Å². The average molecular weight is 207 g/mol. The monoisotopic (exact) mass is 207 g/mol. The van der Waals surface area contributed by atoms with E-state index in [1.165, 1.54) is 19.0 Å². The van der Waals surface area contributed by atoms with Gasteiger partial charge in [-0.2, -0.15) is 4.99 Å². The van der Waals surface area contributed by atoms with Crippen LogP contribution in [0.2, 0.25) is 0 Å². The number of guanidine groups is 2. The summed E-state index contributed by atoms with van der Waals surface area (Å²) in [5.41, 5.74) is 5.79. The normalized spacial score (nSPS) is 36.3. The highest BCUT2D eigenvalue weighted by molar-refractivity contribution is 5.93. The smallest absolute Gasteiger partial charge is 0.311 e. The van der Waals surface area contributed by atoms with E-state index < -0.39 is 0 Å². The second-order valence-corrected chi connectivity index (χ2v) is 4.75. The van der Waals surface area contributed by atoms with Crippen LogP contribution >= 0.6 is 0 Å². The van der Waals surface area contributed by atoms with Crippen molar-refractivity contribution in [3.05, 3.63) is 0 Å². The van der Waals surface area contributed by atoms with E-state index in [0.717, 1.165) is 30.7 Å². The summed E-state index contributed by atoms with van der Waals surface area (Å²) in [5.74, 6) is 1.63. The zero-order valence-electron chi connectivity index (χ0n) is 8.63. The summed E-state index contributed by atoms with van der Waals surface area (Å²) in [7, 11) is 0. The lowest BCUT2D eigenvalue weighted by Gasteiger charge is -2.29. The maximum absolute atomic E-state index is 5.79. The number of aliphatic imine (C=N–C) groups is 2. The fraction of sp³-hybridized carbons (Fsp3) is 0.778. The minimum atomic E-state index is 0.234. The molecule has 2 N–H and O–H groups in total. The fourth-order valence-electron chi connectivity index (χ4n) is 2.39. The lowest BCUT2D eigenvalue weighted by atomic mass is 10.5. The van der Waals surface area contributed by atoms with Gasteiger partial charge in [0, 0.05) is 26.2 Å². The molecule has 1 spiro atoms. The number of hydrogen-bond acceptors (Lipinski definition) is 5. The molecule has 3 fully saturated rings. The Labute approximate surface area is 88.3 Å². The first-order valence-corrected chi connectivity index (χ1v) is 5.58. The zero-order chi connectivity index (χ0) is 10.0. The van der Waals surface area contributed by atoms with Gasteiger partial charge in [-0.1, -0.05) is 0 Å². The molecule has 0 aromatic heterocycles. The van der Waals surface area contributed by atoms with E-state index in [4.69, 9.17) is 5.73 Å². The minimum absolute atomic E-state index is 0.234. The molecule has 0 amide bonds. The van der Waals surface area contributed by atoms with Crippen LogP contribution in [0.1, 0.15) is 0 Å². The predicted molar refractivity (Wildman–Crippen MR) is 56.0 cm³/mol. The van der Waals surface area contributed by atoms with Gasteiger partial charge >= 0.3 is 5.96 Å². The number of nitrogens with zero attached hydrogens (tertiary/aromatic N) is 5. The Bertz CT molecular complexity index is 374. The van der Waals surface area contributed by atoms with Gasteiger partial charge in [0.15, 0.2) is 0 Å². The summed E-state index contributed by atoms with van der Waals surface area (Å²) in [4.78, 5) is 13.6. The van der Waals surface area contributed by atoms with Crippen molar-refractivity contribution in [1.82, 2.24) is 9.80 Å². The van der Waals surface area contributed by atoms with Crippen LogP contribution in [-0.2, 0) is 0 Å².